The first-order valence-electron chi connectivity index (χ1n) is 4.02. The maximum Gasteiger partial charge on any atom is 0.100 e. The van der Waals surface area contributed by atoms with E-state index in [9.17, 15) is 4.39 Å². The van der Waals surface area contributed by atoms with E-state index in [0.717, 1.165) is 12.8 Å². The first-order valence-corrected chi connectivity index (χ1v) is 4.02. The Bertz CT molecular complexity index is 95.4. The van der Waals surface area contributed by atoms with Crippen LogP contribution < -0.4 is 0 Å². The van der Waals surface area contributed by atoms with Gasteiger partial charge >= 0.3 is 0 Å². The SMILES string of the molecule is CC(O)C1CCC(F)CC1. The number of hydrogen-bond donors (Lipinski definition) is 1. The highest BCUT2D eigenvalue weighted by molar-refractivity contribution is 4.74. The van der Waals surface area contributed by atoms with E-state index in [4.69, 9.17) is 5.11 Å². The molecule has 1 saturated carbocycles. The highest BCUT2D eigenvalue weighted by atomic mass is 19.1. The molecule has 10 heavy (non-hydrogen) atoms. The molecule has 1 unspecified atom stereocenters. The minimum absolute atomic E-state index is 0.243. The van der Waals surface area contributed by atoms with E-state index in [1.165, 1.54) is 0 Å². The summed E-state index contributed by atoms with van der Waals surface area (Å²) in [5, 5.41) is 9.14. The number of hydrogen-bond acceptors (Lipinski definition) is 1. The molecule has 1 fully saturated rings. The van der Waals surface area contributed by atoms with Crippen molar-refractivity contribution in [1.29, 1.82) is 0 Å². The van der Waals surface area contributed by atoms with Gasteiger partial charge in [-0.2, -0.15) is 0 Å². The molecule has 1 aliphatic rings. The summed E-state index contributed by atoms with van der Waals surface area (Å²) in [6.07, 6.45) is 2.17. The lowest BCUT2D eigenvalue weighted by atomic mass is 9.85. The van der Waals surface area contributed by atoms with Crippen LogP contribution in [0.5, 0.6) is 0 Å². The molecular weight excluding hydrogens is 131 g/mol. The van der Waals surface area contributed by atoms with Crippen molar-refractivity contribution in [2.75, 3.05) is 0 Å². The molecule has 0 spiro atoms. The van der Waals surface area contributed by atoms with Crippen LogP contribution in [0.15, 0.2) is 0 Å². The van der Waals surface area contributed by atoms with Crippen molar-refractivity contribution in [3.8, 4) is 0 Å². The molecule has 1 rings (SSSR count). The average Bonchev–Trinajstić information content (AvgIpc) is 1.88. The third kappa shape index (κ3) is 1.94. The summed E-state index contributed by atoms with van der Waals surface area (Å²) < 4.78 is 12.5. The third-order valence-electron chi connectivity index (χ3n) is 2.38. The van der Waals surface area contributed by atoms with E-state index >= 15 is 0 Å². The summed E-state index contributed by atoms with van der Waals surface area (Å²) in [7, 11) is 0. The standard InChI is InChI=1S/C8H15FO/c1-6(10)7-2-4-8(9)5-3-7/h6-8,10H,2-5H2,1H3. The van der Waals surface area contributed by atoms with Crippen LogP contribution in [0.25, 0.3) is 0 Å². The Hall–Kier alpha value is -0.110. The Morgan fingerprint density at radius 3 is 2.20 bits per heavy atom. The van der Waals surface area contributed by atoms with Gasteiger partial charge in [0.25, 0.3) is 0 Å². The van der Waals surface area contributed by atoms with Crippen LogP contribution in [0.3, 0.4) is 0 Å². The third-order valence-corrected chi connectivity index (χ3v) is 2.38. The van der Waals surface area contributed by atoms with Gasteiger partial charge in [-0.1, -0.05) is 0 Å². The molecule has 0 bridgehead atoms. The minimum Gasteiger partial charge on any atom is -0.393 e. The first-order chi connectivity index (χ1) is 4.70. The number of alkyl halides is 1. The van der Waals surface area contributed by atoms with E-state index in [0.29, 0.717) is 18.8 Å². The Morgan fingerprint density at radius 2 is 1.80 bits per heavy atom. The molecule has 0 aliphatic heterocycles. The topological polar surface area (TPSA) is 20.2 Å². The van der Waals surface area contributed by atoms with Gasteiger partial charge in [0.2, 0.25) is 0 Å². The molecule has 60 valence electrons. The Kier molecular flexibility index (Phi) is 2.66. The van der Waals surface area contributed by atoms with Crippen molar-refractivity contribution in [3.05, 3.63) is 0 Å². The summed E-state index contributed by atoms with van der Waals surface area (Å²) in [4.78, 5) is 0. The summed E-state index contributed by atoms with van der Waals surface area (Å²) in [6.45, 7) is 1.79. The predicted molar refractivity (Wildman–Crippen MR) is 38.5 cm³/mol. The van der Waals surface area contributed by atoms with Gasteiger partial charge in [-0.25, -0.2) is 4.39 Å². The summed E-state index contributed by atoms with van der Waals surface area (Å²) >= 11 is 0. The zero-order valence-corrected chi connectivity index (χ0v) is 6.39. The summed E-state index contributed by atoms with van der Waals surface area (Å²) in [6, 6.07) is 0. The van der Waals surface area contributed by atoms with E-state index in [-0.39, 0.29) is 6.10 Å². The number of aliphatic hydroxyl groups excluding tert-OH is 1. The normalized spacial score (nSPS) is 37.5. The van der Waals surface area contributed by atoms with E-state index in [1.807, 2.05) is 0 Å². The van der Waals surface area contributed by atoms with Crippen LogP contribution >= 0.6 is 0 Å². The van der Waals surface area contributed by atoms with Crippen LogP contribution in [0.2, 0.25) is 0 Å². The summed E-state index contributed by atoms with van der Waals surface area (Å²) in [5.41, 5.74) is 0. The average molecular weight is 146 g/mol. The number of rotatable bonds is 1. The van der Waals surface area contributed by atoms with Crippen molar-refractivity contribution >= 4 is 0 Å². The fourth-order valence-corrected chi connectivity index (χ4v) is 1.56. The van der Waals surface area contributed by atoms with Crippen LogP contribution in [0.4, 0.5) is 4.39 Å². The molecule has 0 aromatic heterocycles. The largest absolute Gasteiger partial charge is 0.393 e. The van der Waals surface area contributed by atoms with Gasteiger partial charge in [-0.3, -0.25) is 0 Å². The monoisotopic (exact) mass is 146 g/mol. The van der Waals surface area contributed by atoms with E-state index < -0.39 is 6.17 Å². The fourth-order valence-electron chi connectivity index (χ4n) is 1.56. The molecule has 0 heterocycles. The van der Waals surface area contributed by atoms with Gasteiger partial charge in [-0.05, 0) is 38.5 Å². The predicted octanol–water partition coefficient (Wildman–Crippen LogP) is 1.90. The van der Waals surface area contributed by atoms with Crippen LogP contribution in [0, 0.1) is 5.92 Å². The molecule has 0 saturated heterocycles. The molecule has 1 atom stereocenters. The van der Waals surface area contributed by atoms with Crippen molar-refractivity contribution < 1.29 is 9.50 Å². The van der Waals surface area contributed by atoms with Crippen molar-refractivity contribution in [2.45, 2.75) is 44.9 Å². The van der Waals surface area contributed by atoms with Gasteiger partial charge in [0.05, 0.1) is 6.10 Å². The Labute approximate surface area is 61.2 Å². The molecule has 0 aromatic carbocycles. The maximum atomic E-state index is 12.5. The summed E-state index contributed by atoms with van der Waals surface area (Å²) in [5.74, 6) is 0.354. The van der Waals surface area contributed by atoms with Gasteiger partial charge in [0.15, 0.2) is 0 Å². The molecule has 1 nitrogen and oxygen atoms in total. The minimum atomic E-state index is -0.602. The molecule has 1 N–H and O–H groups in total. The van der Waals surface area contributed by atoms with Crippen molar-refractivity contribution in [1.82, 2.24) is 0 Å². The van der Waals surface area contributed by atoms with E-state index in [2.05, 4.69) is 0 Å². The Balaban J connectivity index is 2.26. The first kappa shape index (κ1) is 7.99. The van der Waals surface area contributed by atoms with Gasteiger partial charge < -0.3 is 5.11 Å². The number of aliphatic hydroxyl groups is 1. The maximum absolute atomic E-state index is 12.5. The number of halogens is 1. The fraction of sp³-hybridized carbons (Fsp3) is 1.00. The lowest BCUT2D eigenvalue weighted by molar-refractivity contribution is 0.0801. The van der Waals surface area contributed by atoms with Gasteiger partial charge in [0, 0.05) is 0 Å². The lowest BCUT2D eigenvalue weighted by Gasteiger charge is -2.25. The molecular formula is C8H15FO. The van der Waals surface area contributed by atoms with E-state index in [1.54, 1.807) is 6.92 Å². The second-order valence-electron chi connectivity index (χ2n) is 3.25. The molecule has 0 aromatic rings. The highest BCUT2D eigenvalue weighted by Crippen LogP contribution is 2.28. The zero-order valence-electron chi connectivity index (χ0n) is 6.39. The van der Waals surface area contributed by atoms with Crippen molar-refractivity contribution in [3.63, 3.8) is 0 Å². The van der Waals surface area contributed by atoms with Crippen LogP contribution in [-0.2, 0) is 0 Å². The molecule has 1 aliphatic carbocycles. The quantitative estimate of drug-likeness (QED) is 0.599. The zero-order chi connectivity index (χ0) is 7.56. The van der Waals surface area contributed by atoms with Gasteiger partial charge in [-0.15, -0.1) is 0 Å². The lowest BCUT2D eigenvalue weighted by Crippen LogP contribution is -2.23. The molecule has 0 amide bonds. The van der Waals surface area contributed by atoms with Crippen molar-refractivity contribution in [2.24, 2.45) is 5.92 Å². The molecule has 2 heteroatoms. The highest BCUT2D eigenvalue weighted by Gasteiger charge is 2.23. The second-order valence-corrected chi connectivity index (χ2v) is 3.25. The molecule has 0 radical (unpaired) electrons. The van der Waals surface area contributed by atoms with Gasteiger partial charge in [0.1, 0.15) is 6.17 Å². The second kappa shape index (κ2) is 3.33. The smallest absolute Gasteiger partial charge is 0.100 e. The van der Waals surface area contributed by atoms with Crippen LogP contribution in [-0.4, -0.2) is 17.4 Å². The van der Waals surface area contributed by atoms with Crippen LogP contribution in [0.1, 0.15) is 32.6 Å². The Morgan fingerprint density at radius 1 is 1.30 bits per heavy atom.